The van der Waals surface area contributed by atoms with Crippen LogP contribution in [0.25, 0.3) is 0 Å². The molecule has 0 saturated carbocycles. The van der Waals surface area contributed by atoms with Crippen molar-refractivity contribution in [3.8, 4) is 0 Å². The molecular formula is C22H26O4S2. The lowest BCUT2D eigenvalue weighted by molar-refractivity contribution is -0.148. The van der Waals surface area contributed by atoms with Crippen LogP contribution >= 0.6 is 23.5 Å². The predicted octanol–water partition coefficient (Wildman–Crippen LogP) is 5.05. The minimum atomic E-state index is -0.715. The molecule has 0 amide bonds. The van der Waals surface area contributed by atoms with E-state index in [0.717, 1.165) is 20.9 Å². The van der Waals surface area contributed by atoms with Gasteiger partial charge in [0.2, 0.25) is 0 Å². The van der Waals surface area contributed by atoms with Gasteiger partial charge in [0.15, 0.2) is 0 Å². The van der Waals surface area contributed by atoms with Gasteiger partial charge in [-0.2, -0.15) is 0 Å². The van der Waals surface area contributed by atoms with Crippen molar-refractivity contribution >= 4 is 35.5 Å². The third kappa shape index (κ3) is 6.60. The Morgan fingerprint density at radius 3 is 1.32 bits per heavy atom. The Balaban J connectivity index is 2.34. The number of esters is 2. The summed E-state index contributed by atoms with van der Waals surface area (Å²) in [6.45, 7) is 8.05. The zero-order chi connectivity index (χ0) is 20.5. The van der Waals surface area contributed by atoms with E-state index in [0.29, 0.717) is 0 Å². The third-order valence-electron chi connectivity index (χ3n) is 3.88. The second-order valence-electron chi connectivity index (χ2n) is 6.21. The summed E-state index contributed by atoms with van der Waals surface area (Å²) in [6, 6.07) is 15.7. The molecule has 28 heavy (non-hydrogen) atoms. The molecule has 0 aliphatic heterocycles. The molecule has 150 valence electrons. The summed E-state index contributed by atoms with van der Waals surface area (Å²) in [5.41, 5.74) is 2.26. The van der Waals surface area contributed by atoms with Gasteiger partial charge in [-0.1, -0.05) is 35.4 Å². The maximum absolute atomic E-state index is 12.7. The molecule has 2 atom stereocenters. The van der Waals surface area contributed by atoms with Crippen LogP contribution in [0.15, 0.2) is 58.3 Å². The zero-order valence-electron chi connectivity index (χ0n) is 16.6. The minimum Gasteiger partial charge on any atom is -0.465 e. The number of hydrogen-bond donors (Lipinski definition) is 0. The molecule has 0 heterocycles. The summed E-state index contributed by atoms with van der Waals surface area (Å²) in [5, 5.41) is -1.43. The lowest BCUT2D eigenvalue weighted by atomic mass is 10.2. The van der Waals surface area contributed by atoms with E-state index in [1.54, 1.807) is 13.8 Å². The van der Waals surface area contributed by atoms with Gasteiger partial charge in [-0.05, 0) is 52.0 Å². The molecule has 2 aromatic carbocycles. The second-order valence-corrected chi connectivity index (χ2v) is 8.64. The highest BCUT2D eigenvalue weighted by molar-refractivity contribution is 8.04. The van der Waals surface area contributed by atoms with E-state index in [2.05, 4.69) is 0 Å². The average Bonchev–Trinajstić information content (AvgIpc) is 2.68. The lowest BCUT2D eigenvalue weighted by Gasteiger charge is -2.23. The molecule has 4 nitrogen and oxygen atoms in total. The van der Waals surface area contributed by atoms with Crippen molar-refractivity contribution < 1.29 is 19.1 Å². The predicted molar refractivity (Wildman–Crippen MR) is 115 cm³/mol. The van der Waals surface area contributed by atoms with Crippen LogP contribution in [-0.2, 0) is 19.1 Å². The van der Waals surface area contributed by atoms with Crippen LogP contribution < -0.4 is 0 Å². The quantitative estimate of drug-likeness (QED) is 0.419. The summed E-state index contributed by atoms with van der Waals surface area (Å²) in [7, 11) is 0. The molecule has 0 saturated heterocycles. The molecule has 0 N–H and O–H groups in total. The van der Waals surface area contributed by atoms with Gasteiger partial charge in [0.05, 0.1) is 13.2 Å². The highest BCUT2D eigenvalue weighted by Crippen LogP contribution is 2.36. The number of carbonyl (C=O) groups excluding carboxylic acids is 2. The fourth-order valence-electron chi connectivity index (χ4n) is 2.44. The van der Waals surface area contributed by atoms with Crippen LogP contribution in [0.1, 0.15) is 25.0 Å². The van der Waals surface area contributed by atoms with Crippen molar-refractivity contribution in [3.63, 3.8) is 0 Å². The number of hydrogen-bond acceptors (Lipinski definition) is 6. The Morgan fingerprint density at radius 2 is 1.04 bits per heavy atom. The smallest absolute Gasteiger partial charge is 0.321 e. The van der Waals surface area contributed by atoms with Gasteiger partial charge in [-0.3, -0.25) is 9.59 Å². The number of rotatable bonds is 9. The van der Waals surface area contributed by atoms with E-state index >= 15 is 0 Å². The van der Waals surface area contributed by atoms with Crippen LogP contribution in [-0.4, -0.2) is 35.7 Å². The first-order valence-electron chi connectivity index (χ1n) is 9.24. The fraction of sp³-hybridized carbons (Fsp3) is 0.364. The molecule has 2 rings (SSSR count). The number of thioether (sulfide) groups is 2. The van der Waals surface area contributed by atoms with Gasteiger partial charge in [-0.15, -0.1) is 23.5 Å². The Labute approximate surface area is 175 Å². The number of ether oxygens (including phenoxy) is 2. The van der Waals surface area contributed by atoms with E-state index in [1.165, 1.54) is 23.5 Å². The van der Waals surface area contributed by atoms with Gasteiger partial charge in [0, 0.05) is 9.79 Å². The van der Waals surface area contributed by atoms with Crippen LogP contribution in [0.5, 0.6) is 0 Å². The number of benzene rings is 2. The average molecular weight is 419 g/mol. The lowest BCUT2D eigenvalue weighted by Crippen LogP contribution is -2.37. The maximum atomic E-state index is 12.7. The van der Waals surface area contributed by atoms with Crippen LogP contribution in [0.4, 0.5) is 0 Å². The van der Waals surface area contributed by atoms with Crippen molar-refractivity contribution in [1.82, 2.24) is 0 Å². The molecule has 0 unspecified atom stereocenters. The normalized spacial score (nSPS) is 12.9. The molecular weight excluding hydrogens is 392 g/mol. The monoisotopic (exact) mass is 418 g/mol. The van der Waals surface area contributed by atoms with Crippen LogP contribution in [0.2, 0.25) is 0 Å². The van der Waals surface area contributed by atoms with Gasteiger partial charge in [0.1, 0.15) is 10.5 Å². The van der Waals surface area contributed by atoms with E-state index in [9.17, 15) is 9.59 Å². The fourth-order valence-corrected chi connectivity index (χ4v) is 4.75. The first-order chi connectivity index (χ1) is 13.4. The van der Waals surface area contributed by atoms with E-state index in [4.69, 9.17) is 9.47 Å². The van der Waals surface area contributed by atoms with E-state index in [-0.39, 0.29) is 13.2 Å². The van der Waals surface area contributed by atoms with Gasteiger partial charge in [0.25, 0.3) is 0 Å². The Hall–Kier alpha value is -1.92. The molecule has 0 spiro atoms. The van der Waals surface area contributed by atoms with Crippen molar-refractivity contribution in [1.29, 1.82) is 0 Å². The van der Waals surface area contributed by atoms with Crippen molar-refractivity contribution in [2.75, 3.05) is 13.2 Å². The number of aryl methyl sites for hydroxylation is 2. The summed E-state index contributed by atoms with van der Waals surface area (Å²) < 4.78 is 10.6. The largest absolute Gasteiger partial charge is 0.465 e. The summed E-state index contributed by atoms with van der Waals surface area (Å²) in [6.07, 6.45) is 0. The first kappa shape index (κ1) is 22.4. The van der Waals surface area contributed by atoms with Crippen molar-refractivity contribution in [3.05, 3.63) is 59.7 Å². The third-order valence-corrected chi connectivity index (χ3v) is 6.58. The minimum absolute atomic E-state index is 0.258. The Bertz CT molecular complexity index is 705. The SMILES string of the molecule is CCOC(=O)[C@H](Sc1ccc(C)cc1)[C@@H](Sc1ccc(C)cc1)C(=O)OCC. The standard InChI is InChI=1S/C22H26O4S2/c1-5-25-21(23)19(27-17-11-7-15(3)8-12-17)20(22(24)26-6-2)28-18-13-9-16(4)10-14-18/h7-14,19-20H,5-6H2,1-4H3/t19-,20-/m1/s1. The Morgan fingerprint density at radius 1 is 0.714 bits per heavy atom. The molecule has 2 aromatic rings. The topological polar surface area (TPSA) is 52.6 Å². The zero-order valence-corrected chi connectivity index (χ0v) is 18.3. The highest BCUT2D eigenvalue weighted by Gasteiger charge is 2.38. The first-order valence-corrected chi connectivity index (χ1v) is 11.0. The number of carbonyl (C=O) groups is 2. The maximum Gasteiger partial charge on any atom is 0.321 e. The molecule has 0 radical (unpaired) electrons. The van der Waals surface area contributed by atoms with Crippen LogP contribution in [0, 0.1) is 13.8 Å². The van der Waals surface area contributed by atoms with Gasteiger partial charge >= 0.3 is 11.9 Å². The molecule has 0 fully saturated rings. The van der Waals surface area contributed by atoms with Crippen molar-refractivity contribution in [2.24, 2.45) is 0 Å². The van der Waals surface area contributed by atoms with E-state index in [1.807, 2.05) is 62.4 Å². The van der Waals surface area contributed by atoms with Crippen molar-refractivity contribution in [2.45, 2.75) is 48.0 Å². The highest BCUT2D eigenvalue weighted by atomic mass is 32.2. The Kier molecular flexibility index (Phi) is 8.93. The molecule has 6 heteroatoms. The molecule has 0 aromatic heterocycles. The second kappa shape index (κ2) is 11.2. The van der Waals surface area contributed by atoms with Gasteiger partial charge < -0.3 is 9.47 Å². The summed E-state index contributed by atoms with van der Waals surface area (Å²) in [5.74, 6) is -0.823. The van der Waals surface area contributed by atoms with Crippen LogP contribution in [0.3, 0.4) is 0 Å². The summed E-state index contributed by atoms with van der Waals surface area (Å²) >= 11 is 2.67. The van der Waals surface area contributed by atoms with Gasteiger partial charge in [-0.25, -0.2) is 0 Å². The molecule has 0 aliphatic carbocycles. The summed E-state index contributed by atoms with van der Waals surface area (Å²) in [4.78, 5) is 27.3. The van der Waals surface area contributed by atoms with E-state index < -0.39 is 22.4 Å². The molecule has 0 aliphatic rings. The molecule has 0 bridgehead atoms.